The minimum atomic E-state index is -0.150. The lowest BCUT2D eigenvalue weighted by molar-refractivity contribution is 0.0695. The standard InChI is InChI=1S/C18H23Cl2N5O.ClH/c1-11(2)17-22-16(18(26)24-9-7-12(21-3)8-10-24)23-25(17)15-13(19)5-4-6-14(15)20;/h4-6,11-12,21H,7-10H2,1-3H3;1H. The topological polar surface area (TPSA) is 63.1 Å². The van der Waals surface area contributed by atoms with Crippen LogP contribution in [0.1, 0.15) is 49.1 Å². The Kier molecular flexibility index (Phi) is 7.51. The summed E-state index contributed by atoms with van der Waals surface area (Å²) in [5.74, 6) is 0.760. The van der Waals surface area contributed by atoms with Gasteiger partial charge in [-0.05, 0) is 32.0 Å². The van der Waals surface area contributed by atoms with E-state index in [0.717, 1.165) is 12.8 Å². The number of piperidine rings is 1. The number of halogens is 3. The summed E-state index contributed by atoms with van der Waals surface area (Å²) in [5.41, 5.74) is 0.556. The van der Waals surface area contributed by atoms with Crippen molar-refractivity contribution < 1.29 is 4.79 Å². The van der Waals surface area contributed by atoms with Gasteiger partial charge in [0.2, 0.25) is 5.82 Å². The number of hydrogen-bond donors (Lipinski definition) is 1. The van der Waals surface area contributed by atoms with E-state index >= 15 is 0 Å². The Morgan fingerprint density at radius 2 is 1.81 bits per heavy atom. The van der Waals surface area contributed by atoms with Crippen molar-refractivity contribution in [3.8, 4) is 5.69 Å². The third kappa shape index (κ3) is 4.57. The van der Waals surface area contributed by atoms with Crippen LogP contribution in [0.3, 0.4) is 0 Å². The van der Waals surface area contributed by atoms with E-state index in [1.807, 2.05) is 25.8 Å². The molecule has 1 aliphatic heterocycles. The first-order valence-corrected chi connectivity index (χ1v) is 9.55. The van der Waals surface area contributed by atoms with Gasteiger partial charge < -0.3 is 10.2 Å². The fourth-order valence-electron chi connectivity index (χ4n) is 3.16. The van der Waals surface area contributed by atoms with E-state index in [-0.39, 0.29) is 30.1 Å². The van der Waals surface area contributed by atoms with Crippen molar-refractivity contribution in [2.45, 2.75) is 38.6 Å². The number of likely N-dealkylation sites (tertiary alicyclic amines) is 1. The van der Waals surface area contributed by atoms with Crippen molar-refractivity contribution in [2.24, 2.45) is 0 Å². The van der Waals surface area contributed by atoms with Gasteiger partial charge in [0.05, 0.1) is 10.0 Å². The molecule has 1 fully saturated rings. The van der Waals surface area contributed by atoms with Crippen LogP contribution >= 0.6 is 35.6 Å². The van der Waals surface area contributed by atoms with Crippen LogP contribution in [0.15, 0.2) is 18.2 Å². The average molecular weight is 433 g/mol. The molecule has 1 aromatic carbocycles. The Morgan fingerprint density at radius 1 is 1.22 bits per heavy atom. The van der Waals surface area contributed by atoms with Gasteiger partial charge >= 0.3 is 0 Å². The Bertz CT molecular complexity index is 780. The molecule has 0 spiro atoms. The van der Waals surface area contributed by atoms with Crippen molar-refractivity contribution in [1.29, 1.82) is 0 Å². The average Bonchev–Trinajstić information content (AvgIpc) is 3.06. The number of nitrogens with one attached hydrogen (secondary N) is 1. The molecule has 0 radical (unpaired) electrons. The molecule has 2 heterocycles. The highest BCUT2D eigenvalue weighted by molar-refractivity contribution is 6.37. The highest BCUT2D eigenvalue weighted by Crippen LogP contribution is 2.30. The van der Waals surface area contributed by atoms with E-state index in [9.17, 15) is 4.79 Å². The maximum absolute atomic E-state index is 12.9. The van der Waals surface area contributed by atoms with Crippen LogP contribution in [-0.4, -0.2) is 51.8 Å². The zero-order valence-corrected chi connectivity index (χ0v) is 17.9. The maximum Gasteiger partial charge on any atom is 0.293 e. The zero-order valence-electron chi connectivity index (χ0n) is 15.6. The van der Waals surface area contributed by atoms with Gasteiger partial charge in [-0.2, -0.15) is 0 Å². The van der Waals surface area contributed by atoms with Crippen molar-refractivity contribution in [2.75, 3.05) is 20.1 Å². The summed E-state index contributed by atoms with van der Waals surface area (Å²) in [5, 5.41) is 8.67. The minimum Gasteiger partial charge on any atom is -0.336 e. The van der Waals surface area contributed by atoms with Gasteiger partial charge in [-0.15, -0.1) is 17.5 Å². The Morgan fingerprint density at radius 3 is 2.33 bits per heavy atom. The molecule has 148 valence electrons. The summed E-state index contributed by atoms with van der Waals surface area (Å²) in [6.45, 7) is 5.39. The molecular formula is C18H24Cl3N5O. The number of carbonyl (C=O) groups excluding carboxylic acids is 1. The van der Waals surface area contributed by atoms with Crippen molar-refractivity contribution >= 4 is 41.5 Å². The molecular weight excluding hydrogens is 409 g/mol. The molecule has 1 N–H and O–H groups in total. The van der Waals surface area contributed by atoms with Crippen LogP contribution in [0.2, 0.25) is 10.0 Å². The van der Waals surface area contributed by atoms with Crippen LogP contribution in [0.4, 0.5) is 0 Å². The van der Waals surface area contributed by atoms with Gasteiger partial charge in [0.1, 0.15) is 11.5 Å². The van der Waals surface area contributed by atoms with E-state index in [1.54, 1.807) is 22.9 Å². The van der Waals surface area contributed by atoms with Gasteiger partial charge in [0, 0.05) is 25.0 Å². The molecule has 0 bridgehead atoms. The number of para-hydroxylation sites is 1. The SMILES string of the molecule is CNC1CCN(C(=O)c2nc(C(C)C)n(-c3c(Cl)cccc3Cl)n2)CC1.Cl. The van der Waals surface area contributed by atoms with E-state index in [1.165, 1.54) is 0 Å². The van der Waals surface area contributed by atoms with Crippen molar-refractivity contribution in [3.63, 3.8) is 0 Å². The lowest BCUT2D eigenvalue weighted by Gasteiger charge is -2.31. The first kappa shape index (κ1) is 22.0. The molecule has 27 heavy (non-hydrogen) atoms. The summed E-state index contributed by atoms with van der Waals surface area (Å²) in [7, 11) is 1.95. The Hall–Kier alpha value is -1.34. The highest BCUT2D eigenvalue weighted by atomic mass is 35.5. The smallest absolute Gasteiger partial charge is 0.293 e. The van der Waals surface area contributed by atoms with Gasteiger partial charge in [0.15, 0.2) is 0 Å². The largest absolute Gasteiger partial charge is 0.336 e. The van der Waals surface area contributed by atoms with Gasteiger partial charge in [-0.3, -0.25) is 4.79 Å². The van der Waals surface area contributed by atoms with Crippen LogP contribution in [-0.2, 0) is 0 Å². The van der Waals surface area contributed by atoms with Crippen LogP contribution < -0.4 is 5.32 Å². The number of carbonyl (C=O) groups is 1. The normalized spacial score (nSPS) is 15.1. The fourth-order valence-corrected chi connectivity index (χ4v) is 3.71. The highest BCUT2D eigenvalue weighted by Gasteiger charge is 2.28. The summed E-state index contributed by atoms with van der Waals surface area (Å²) < 4.78 is 1.60. The van der Waals surface area contributed by atoms with Crippen LogP contribution in [0, 0.1) is 0 Å². The summed E-state index contributed by atoms with van der Waals surface area (Å²) in [6.07, 6.45) is 1.85. The van der Waals surface area contributed by atoms with Crippen molar-refractivity contribution in [3.05, 3.63) is 39.9 Å². The molecule has 1 aliphatic rings. The number of benzene rings is 1. The molecule has 1 saturated heterocycles. The first-order valence-electron chi connectivity index (χ1n) is 8.80. The molecule has 0 atom stereocenters. The lowest BCUT2D eigenvalue weighted by atomic mass is 10.1. The summed E-state index contributed by atoms with van der Waals surface area (Å²) >= 11 is 12.7. The molecule has 1 amide bonds. The lowest BCUT2D eigenvalue weighted by Crippen LogP contribution is -2.44. The number of amides is 1. The second-order valence-electron chi connectivity index (χ2n) is 6.79. The number of hydrogen-bond acceptors (Lipinski definition) is 4. The third-order valence-electron chi connectivity index (χ3n) is 4.68. The number of rotatable bonds is 4. The van der Waals surface area contributed by atoms with Crippen LogP contribution in [0.5, 0.6) is 0 Å². The second-order valence-corrected chi connectivity index (χ2v) is 7.60. The van der Waals surface area contributed by atoms with Crippen molar-refractivity contribution in [1.82, 2.24) is 25.0 Å². The summed E-state index contributed by atoms with van der Waals surface area (Å²) in [6, 6.07) is 5.73. The molecule has 9 heteroatoms. The predicted octanol–water partition coefficient (Wildman–Crippen LogP) is 3.94. The minimum absolute atomic E-state index is 0. The second kappa shape index (κ2) is 9.24. The third-order valence-corrected chi connectivity index (χ3v) is 5.29. The van der Waals surface area contributed by atoms with E-state index in [2.05, 4.69) is 15.4 Å². The van der Waals surface area contributed by atoms with E-state index in [4.69, 9.17) is 23.2 Å². The Labute approximate surface area is 175 Å². The summed E-state index contributed by atoms with van der Waals surface area (Å²) in [4.78, 5) is 19.2. The van der Waals surface area contributed by atoms with E-state index in [0.29, 0.717) is 40.7 Å². The molecule has 0 unspecified atom stereocenters. The molecule has 1 aromatic heterocycles. The van der Waals surface area contributed by atoms with Gasteiger partial charge in [-0.25, -0.2) is 9.67 Å². The van der Waals surface area contributed by atoms with Crippen LogP contribution in [0.25, 0.3) is 5.69 Å². The maximum atomic E-state index is 12.9. The molecule has 6 nitrogen and oxygen atoms in total. The molecule has 0 aliphatic carbocycles. The van der Waals surface area contributed by atoms with E-state index < -0.39 is 0 Å². The van der Waals surface area contributed by atoms with Gasteiger partial charge in [-0.1, -0.05) is 43.1 Å². The predicted molar refractivity (Wildman–Crippen MR) is 111 cm³/mol. The molecule has 0 saturated carbocycles. The number of nitrogens with zero attached hydrogens (tertiary/aromatic N) is 4. The molecule has 2 aromatic rings. The monoisotopic (exact) mass is 431 g/mol. The molecule has 3 rings (SSSR count). The number of aromatic nitrogens is 3. The fraction of sp³-hybridized carbons (Fsp3) is 0.500. The first-order chi connectivity index (χ1) is 12.4. The Balaban J connectivity index is 0.00000261. The zero-order chi connectivity index (χ0) is 18.8. The van der Waals surface area contributed by atoms with Gasteiger partial charge in [0.25, 0.3) is 5.91 Å². The quantitative estimate of drug-likeness (QED) is 0.795.